The van der Waals surface area contributed by atoms with Gasteiger partial charge in [-0.1, -0.05) is 59.6 Å². The number of aliphatic hydroxyl groups excluding tert-OH is 1. The van der Waals surface area contributed by atoms with Crippen molar-refractivity contribution in [3.8, 4) is 11.5 Å². The number of aryl methyl sites for hydroxylation is 2. The highest BCUT2D eigenvalue weighted by molar-refractivity contribution is 6.43. The third kappa shape index (κ3) is 7.67. The van der Waals surface area contributed by atoms with Crippen LogP contribution >= 0.6 is 35.6 Å². The van der Waals surface area contributed by atoms with Gasteiger partial charge >= 0.3 is 0 Å². The standard InChI is InChI=1S/C28H32Cl2N2O3.ClH/c1-34-24-8-4-6-21(18-24)12-13-22-7-2-3-11-27(22)35-20-23(33)19-31-14-16-32(17-15-31)26-10-5-9-25(29)28(26)30;/h2-11,18,23,33H,12-17,19-20H2,1H3;1H. The third-order valence-corrected chi connectivity index (χ3v) is 7.14. The molecule has 1 unspecified atom stereocenters. The van der Waals surface area contributed by atoms with Gasteiger partial charge in [0.15, 0.2) is 0 Å². The van der Waals surface area contributed by atoms with E-state index in [0.717, 1.165) is 61.8 Å². The van der Waals surface area contributed by atoms with E-state index in [1.807, 2.05) is 42.5 Å². The van der Waals surface area contributed by atoms with Gasteiger partial charge in [-0.3, -0.25) is 4.90 Å². The van der Waals surface area contributed by atoms with E-state index in [9.17, 15) is 5.11 Å². The summed E-state index contributed by atoms with van der Waals surface area (Å²) in [5.74, 6) is 1.70. The number of halogens is 3. The van der Waals surface area contributed by atoms with E-state index >= 15 is 0 Å². The largest absolute Gasteiger partial charge is 0.497 e. The molecule has 5 nitrogen and oxygen atoms in total. The molecule has 3 aromatic rings. The summed E-state index contributed by atoms with van der Waals surface area (Å²) < 4.78 is 11.4. The quantitative estimate of drug-likeness (QED) is 0.347. The van der Waals surface area contributed by atoms with Crippen LogP contribution in [0.3, 0.4) is 0 Å². The molecular formula is C28H33Cl3N2O3. The number of para-hydroxylation sites is 1. The van der Waals surface area contributed by atoms with Crippen LogP contribution in [0.2, 0.25) is 10.0 Å². The Morgan fingerprint density at radius 1 is 0.917 bits per heavy atom. The van der Waals surface area contributed by atoms with Gasteiger partial charge in [-0.2, -0.15) is 0 Å². The average molecular weight is 552 g/mol. The van der Waals surface area contributed by atoms with E-state index in [4.69, 9.17) is 32.7 Å². The molecule has 0 bridgehead atoms. The van der Waals surface area contributed by atoms with Crippen molar-refractivity contribution >= 4 is 41.3 Å². The summed E-state index contributed by atoms with van der Waals surface area (Å²) in [6.07, 6.45) is 1.18. The maximum Gasteiger partial charge on any atom is 0.122 e. The maximum absolute atomic E-state index is 10.6. The van der Waals surface area contributed by atoms with Gasteiger partial charge in [0.25, 0.3) is 0 Å². The molecule has 8 heteroatoms. The Morgan fingerprint density at radius 2 is 1.67 bits per heavy atom. The fourth-order valence-electron chi connectivity index (χ4n) is 4.40. The molecule has 0 amide bonds. The van der Waals surface area contributed by atoms with Crippen LogP contribution in [0.4, 0.5) is 5.69 Å². The van der Waals surface area contributed by atoms with Crippen molar-refractivity contribution < 1.29 is 14.6 Å². The van der Waals surface area contributed by atoms with Crippen molar-refractivity contribution in [2.75, 3.05) is 51.3 Å². The lowest BCUT2D eigenvalue weighted by atomic mass is 10.0. The molecule has 1 atom stereocenters. The summed E-state index contributed by atoms with van der Waals surface area (Å²) in [7, 11) is 1.68. The van der Waals surface area contributed by atoms with Crippen LogP contribution in [0.1, 0.15) is 11.1 Å². The first-order valence-corrected chi connectivity index (χ1v) is 12.7. The van der Waals surface area contributed by atoms with E-state index in [1.54, 1.807) is 13.2 Å². The van der Waals surface area contributed by atoms with E-state index in [1.165, 1.54) is 5.56 Å². The highest BCUT2D eigenvalue weighted by Crippen LogP contribution is 2.33. The summed E-state index contributed by atoms with van der Waals surface area (Å²) in [6, 6.07) is 21.9. The Morgan fingerprint density at radius 3 is 2.44 bits per heavy atom. The lowest BCUT2D eigenvalue weighted by Crippen LogP contribution is -2.49. The van der Waals surface area contributed by atoms with Crippen LogP contribution in [-0.2, 0) is 12.8 Å². The van der Waals surface area contributed by atoms with E-state index in [-0.39, 0.29) is 19.0 Å². The van der Waals surface area contributed by atoms with Crippen LogP contribution < -0.4 is 14.4 Å². The molecule has 0 spiro atoms. The van der Waals surface area contributed by atoms with Crippen molar-refractivity contribution in [2.45, 2.75) is 18.9 Å². The number of aliphatic hydroxyl groups is 1. The van der Waals surface area contributed by atoms with Crippen molar-refractivity contribution in [1.29, 1.82) is 0 Å². The Bertz CT molecular complexity index is 1110. The van der Waals surface area contributed by atoms with Crippen molar-refractivity contribution in [3.05, 3.63) is 87.9 Å². The average Bonchev–Trinajstić information content (AvgIpc) is 2.89. The normalized spacial score (nSPS) is 14.7. The number of piperazine rings is 1. The molecule has 1 N–H and O–H groups in total. The second-order valence-corrected chi connectivity index (χ2v) is 9.57. The first kappa shape index (κ1) is 28.4. The van der Waals surface area contributed by atoms with Gasteiger partial charge in [0.1, 0.15) is 24.2 Å². The Labute approximate surface area is 229 Å². The van der Waals surface area contributed by atoms with E-state index < -0.39 is 6.10 Å². The predicted molar refractivity (Wildman–Crippen MR) is 151 cm³/mol. The Hall–Kier alpha value is -2.15. The highest BCUT2D eigenvalue weighted by Gasteiger charge is 2.22. The monoisotopic (exact) mass is 550 g/mol. The molecular weight excluding hydrogens is 519 g/mol. The molecule has 1 aliphatic rings. The molecule has 0 saturated carbocycles. The summed E-state index contributed by atoms with van der Waals surface area (Å²) in [6.45, 7) is 4.19. The zero-order valence-electron chi connectivity index (χ0n) is 20.4. The van der Waals surface area contributed by atoms with E-state index in [2.05, 4.69) is 28.0 Å². The minimum atomic E-state index is -0.567. The Kier molecular flexibility index (Phi) is 11.0. The number of anilines is 1. The molecule has 1 fully saturated rings. The van der Waals surface area contributed by atoms with Crippen LogP contribution in [0.25, 0.3) is 0 Å². The maximum atomic E-state index is 10.6. The molecule has 194 valence electrons. The molecule has 3 aromatic carbocycles. The fourth-order valence-corrected chi connectivity index (χ4v) is 4.82. The molecule has 0 radical (unpaired) electrons. The van der Waals surface area contributed by atoms with Gasteiger partial charge in [0.05, 0.1) is 22.8 Å². The smallest absolute Gasteiger partial charge is 0.122 e. The van der Waals surface area contributed by atoms with Crippen LogP contribution in [0.5, 0.6) is 11.5 Å². The molecule has 4 rings (SSSR count). The lowest BCUT2D eigenvalue weighted by molar-refractivity contribution is 0.0660. The summed E-state index contributed by atoms with van der Waals surface area (Å²) in [5, 5.41) is 11.8. The fraction of sp³-hybridized carbons (Fsp3) is 0.357. The molecule has 1 aliphatic heterocycles. The first-order chi connectivity index (χ1) is 17.0. The number of rotatable bonds is 10. The zero-order chi connectivity index (χ0) is 24.6. The SMILES string of the molecule is COc1cccc(CCc2ccccc2OCC(O)CN2CCN(c3cccc(Cl)c3Cl)CC2)c1.Cl. The Balaban J connectivity index is 0.00000361. The molecule has 1 heterocycles. The molecule has 36 heavy (non-hydrogen) atoms. The van der Waals surface area contributed by atoms with Crippen LogP contribution in [0.15, 0.2) is 66.7 Å². The van der Waals surface area contributed by atoms with Gasteiger partial charge in [0, 0.05) is 32.7 Å². The van der Waals surface area contributed by atoms with Crippen LogP contribution in [0, 0.1) is 0 Å². The molecule has 1 saturated heterocycles. The first-order valence-electron chi connectivity index (χ1n) is 12.0. The molecule has 0 aliphatic carbocycles. The number of ether oxygens (including phenoxy) is 2. The van der Waals surface area contributed by atoms with Gasteiger partial charge < -0.3 is 19.5 Å². The van der Waals surface area contributed by atoms with Crippen LogP contribution in [-0.4, -0.2) is 62.6 Å². The van der Waals surface area contributed by atoms with Crippen molar-refractivity contribution in [1.82, 2.24) is 4.90 Å². The van der Waals surface area contributed by atoms with Crippen molar-refractivity contribution in [2.24, 2.45) is 0 Å². The number of hydrogen-bond donors (Lipinski definition) is 1. The summed E-state index contributed by atoms with van der Waals surface area (Å²) in [4.78, 5) is 4.50. The van der Waals surface area contributed by atoms with Gasteiger partial charge in [-0.25, -0.2) is 0 Å². The van der Waals surface area contributed by atoms with Gasteiger partial charge in [-0.05, 0) is 54.3 Å². The van der Waals surface area contributed by atoms with E-state index in [0.29, 0.717) is 16.6 Å². The predicted octanol–water partition coefficient (Wildman–Crippen LogP) is 5.77. The minimum absolute atomic E-state index is 0. The minimum Gasteiger partial charge on any atom is -0.497 e. The van der Waals surface area contributed by atoms with Crippen molar-refractivity contribution in [3.63, 3.8) is 0 Å². The lowest BCUT2D eigenvalue weighted by Gasteiger charge is -2.37. The van der Waals surface area contributed by atoms with Gasteiger partial charge in [0.2, 0.25) is 0 Å². The second-order valence-electron chi connectivity index (χ2n) is 8.78. The number of β-amino-alcohol motifs (C(OH)–C–C–N with tert-alkyl or cyclic N) is 1. The number of methoxy groups -OCH3 is 1. The highest BCUT2D eigenvalue weighted by atomic mass is 35.5. The zero-order valence-corrected chi connectivity index (χ0v) is 22.7. The topological polar surface area (TPSA) is 45.2 Å². The number of benzene rings is 3. The second kappa shape index (κ2) is 14.0. The van der Waals surface area contributed by atoms with Gasteiger partial charge in [-0.15, -0.1) is 12.4 Å². The summed E-state index contributed by atoms with van der Waals surface area (Å²) in [5.41, 5.74) is 3.32. The molecule has 0 aromatic heterocycles. The number of nitrogens with zero attached hydrogens (tertiary/aromatic N) is 2. The third-order valence-electron chi connectivity index (χ3n) is 6.33. The number of hydrogen-bond acceptors (Lipinski definition) is 5. The summed E-state index contributed by atoms with van der Waals surface area (Å²) >= 11 is 12.6.